The summed E-state index contributed by atoms with van der Waals surface area (Å²) in [4.78, 5) is 0. The summed E-state index contributed by atoms with van der Waals surface area (Å²) in [5.74, 6) is 0. The summed E-state index contributed by atoms with van der Waals surface area (Å²) < 4.78 is 0. The molecule has 1 nitrogen and oxygen atoms in total. The topological polar surface area (TPSA) is 12.0 Å². The third-order valence-corrected chi connectivity index (χ3v) is 2.66. The molecule has 0 aliphatic rings. The molecular formula is C16H31N. The SMILES string of the molecule is C=C(C)CCCC(C)(C)NC(=C)CC(C)(C)C. The van der Waals surface area contributed by atoms with Crippen LogP contribution in [0, 0.1) is 5.41 Å². The van der Waals surface area contributed by atoms with E-state index >= 15 is 0 Å². The van der Waals surface area contributed by atoms with Crippen molar-refractivity contribution in [1.29, 1.82) is 0 Å². The van der Waals surface area contributed by atoms with Crippen molar-refractivity contribution in [2.45, 2.75) is 72.8 Å². The lowest BCUT2D eigenvalue weighted by Gasteiger charge is -2.31. The first-order valence-electron chi connectivity index (χ1n) is 6.62. The van der Waals surface area contributed by atoms with Crippen molar-refractivity contribution in [1.82, 2.24) is 5.32 Å². The summed E-state index contributed by atoms with van der Waals surface area (Å²) in [7, 11) is 0. The quantitative estimate of drug-likeness (QED) is 0.611. The van der Waals surface area contributed by atoms with E-state index in [1.54, 1.807) is 0 Å². The summed E-state index contributed by atoms with van der Waals surface area (Å²) in [5, 5.41) is 3.56. The fraction of sp³-hybridized carbons (Fsp3) is 0.750. The van der Waals surface area contributed by atoms with Crippen molar-refractivity contribution < 1.29 is 0 Å². The van der Waals surface area contributed by atoms with E-state index in [9.17, 15) is 0 Å². The molecule has 0 radical (unpaired) electrons. The van der Waals surface area contributed by atoms with Crippen molar-refractivity contribution in [2.24, 2.45) is 5.41 Å². The van der Waals surface area contributed by atoms with Crippen molar-refractivity contribution in [3.63, 3.8) is 0 Å². The standard InChI is InChI=1S/C16H31N/c1-13(2)10-9-11-16(7,8)17-14(3)12-15(4,5)6/h17H,1,3,9-12H2,2,4-8H3. The molecule has 0 fully saturated rings. The van der Waals surface area contributed by atoms with Gasteiger partial charge in [-0.15, -0.1) is 6.58 Å². The first-order valence-corrected chi connectivity index (χ1v) is 6.62. The molecule has 0 aliphatic carbocycles. The highest BCUT2D eigenvalue weighted by atomic mass is 15.0. The molecule has 0 rings (SSSR count). The monoisotopic (exact) mass is 237 g/mol. The minimum Gasteiger partial charge on any atom is -0.384 e. The van der Waals surface area contributed by atoms with Gasteiger partial charge in [0.2, 0.25) is 0 Å². The predicted octanol–water partition coefficient (Wildman–Crippen LogP) is 5.05. The predicted molar refractivity (Wildman–Crippen MR) is 79.1 cm³/mol. The number of rotatable bonds is 7. The second-order valence-corrected chi connectivity index (χ2v) is 7.16. The molecule has 0 saturated carbocycles. The van der Waals surface area contributed by atoms with Crippen LogP contribution in [0.15, 0.2) is 24.4 Å². The van der Waals surface area contributed by atoms with E-state index in [0.29, 0.717) is 5.41 Å². The van der Waals surface area contributed by atoms with E-state index in [1.165, 1.54) is 12.0 Å². The van der Waals surface area contributed by atoms with Crippen LogP contribution < -0.4 is 5.32 Å². The molecule has 0 aromatic carbocycles. The van der Waals surface area contributed by atoms with Gasteiger partial charge in [-0.05, 0) is 51.9 Å². The lowest BCUT2D eigenvalue weighted by atomic mass is 9.89. The first-order chi connectivity index (χ1) is 7.52. The van der Waals surface area contributed by atoms with Gasteiger partial charge in [-0.1, -0.05) is 32.9 Å². The zero-order chi connectivity index (χ0) is 13.7. The Morgan fingerprint density at radius 1 is 1.06 bits per heavy atom. The lowest BCUT2D eigenvalue weighted by Crippen LogP contribution is -2.39. The van der Waals surface area contributed by atoms with Crippen LogP contribution in [0.3, 0.4) is 0 Å². The van der Waals surface area contributed by atoms with Crippen LogP contribution in [-0.2, 0) is 0 Å². The number of allylic oxidation sites excluding steroid dienone is 2. The molecule has 0 bridgehead atoms. The molecule has 1 N–H and O–H groups in total. The highest BCUT2D eigenvalue weighted by Crippen LogP contribution is 2.24. The van der Waals surface area contributed by atoms with Gasteiger partial charge in [0.1, 0.15) is 0 Å². The van der Waals surface area contributed by atoms with Crippen molar-refractivity contribution in [2.75, 3.05) is 0 Å². The average molecular weight is 237 g/mol. The van der Waals surface area contributed by atoms with Crippen LogP contribution in [0.5, 0.6) is 0 Å². The summed E-state index contributed by atoms with van der Waals surface area (Å²) in [6.07, 6.45) is 4.49. The molecule has 0 amide bonds. The molecule has 0 spiro atoms. The minimum absolute atomic E-state index is 0.137. The van der Waals surface area contributed by atoms with E-state index in [2.05, 4.69) is 60.0 Å². The zero-order valence-corrected chi connectivity index (χ0v) is 12.7. The Morgan fingerprint density at radius 2 is 1.59 bits per heavy atom. The Kier molecular flexibility index (Phi) is 6.01. The fourth-order valence-electron chi connectivity index (χ4n) is 2.06. The van der Waals surface area contributed by atoms with E-state index in [0.717, 1.165) is 25.0 Å². The van der Waals surface area contributed by atoms with Crippen LogP contribution in [0.4, 0.5) is 0 Å². The second-order valence-electron chi connectivity index (χ2n) is 7.16. The molecule has 1 heteroatoms. The Bertz CT molecular complexity index is 266. The molecule has 0 aliphatic heterocycles. The maximum Gasteiger partial charge on any atom is 0.0314 e. The smallest absolute Gasteiger partial charge is 0.0314 e. The summed E-state index contributed by atoms with van der Waals surface area (Å²) in [5.41, 5.74) is 2.86. The molecule has 17 heavy (non-hydrogen) atoms. The summed E-state index contributed by atoms with van der Waals surface area (Å²) in [6.45, 7) is 21.4. The van der Waals surface area contributed by atoms with Gasteiger partial charge >= 0.3 is 0 Å². The van der Waals surface area contributed by atoms with Gasteiger partial charge in [0, 0.05) is 11.2 Å². The molecular weight excluding hydrogens is 206 g/mol. The highest BCUT2D eigenvalue weighted by Gasteiger charge is 2.20. The second kappa shape index (κ2) is 6.28. The third-order valence-electron chi connectivity index (χ3n) is 2.66. The third kappa shape index (κ3) is 10.2. The minimum atomic E-state index is 0.137. The normalized spacial score (nSPS) is 12.4. The van der Waals surface area contributed by atoms with Crippen LogP contribution in [0.25, 0.3) is 0 Å². The number of hydrogen-bond donors (Lipinski definition) is 1. The maximum atomic E-state index is 4.14. The largest absolute Gasteiger partial charge is 0.384 e. The van der Waals surface area contributed by atoms with Gasteiger partial charge in [-0.25, -0.2) is 0 Å². The average Bonchev–Trinajstić information content (AvgIpc) is 1.96. The molecule has 0 atom stereocenters. The Morgan fingerprint density at radius 3 is 2.00 bits per heavy atom. The van der Waals surface area contributed by atoms with Gasteiger partial charge in [0.05, 0.1) is 0 Å². The fourth-order valence-corrected chi connectivity index (χ4v) is 2.06. The van der Waals surface area contributed by atoms with E-state index in [1.807, 2.05) is 0 Å². The number of nitrogens with one attached hydrogen (secondary N) is 1. The zero-order valence-electron chi connectivity index (χ0n) is 12.7. The van der Waals surface area contributed by atoms with E-state index in [-0.39, 0.29) is 5.54 Å². The maximum absolute atomic E-state index is 4.14. The van der Waals surface area contributed by atoms with Gasteiger partial charge in [0.15, 0.2) is 0 Å². The van der Waals surface area contributed by atoms with Gasteiger partial charge in [-0.3, -0.25) is 0 Å². The Labute approximate surface area is 108 Å². The molecule has 0 saturated heterocycles. The number of hydrogen-bond acceptors (Lipinski definition) is 1. The van der Waals surface area contributed by atoms with Crippen LogP contribution >= 0.6 is 0 Å². The molecule has 0 unspecified atom stereocenters. The highest BCUT2D eigenvalue weighted by molar-refractivity contribution is 5.00. The van der Waals surface area contributed by atoms with Crippen LogP contribution in [0.2, 0.25) is 0 Å². The van der Waals surface area contributed by atoms with E-state index in [4.69, 9.17) is 0 Å². The van der Waals surface area contributed by atoms with Crippen molar-refractivity contribution in [3.8, 4) is 0 Å². The summed E-state index contributed by atoms with van der Waals surface area (Å²) in [6, 6.07) is 0. The van der Waals surface area contributed by atoms with Crippen molar-refractivity contribution in [3.05, 3.63) is 24.4 Å². The van der Waals surface area contributed by atoms with Crippen LogP contribution in [0.1, 0.15) is 67.2 Å². The molecule has 100 valence electrons. The molecule has 0 heterocycles. The molecule has 0 aromatic heterocycles. The molecule has 0 aromatic rings. The van der Waals surface area contributed by atoms with Crippen molar-refractivity contribution >= 4 is 0 Å². The Hall–Kier alpha value is -0.720. The van der Waals surface area contributed by atoms with Gasteiger partial charge < -0.3 is 5.32 Å². The first kappa shape index (κ1) is 16.3. The van der Waals surface area contributed by atoms with Gasteiger partial charge in [0.25, 0.3) is 0 Å². The summed E-state index contributed by atoms with van der Waals surface area (Å²) >= 11 is 0. The Balaban J connectivity index is 4.07. The van der Waals surface area contributed by atoms with Gasteiger partial charge in [-0.2, -0.15) is 0 Å². The van der Waals surface area contributed by atoms with E-state index < -0.39 is 0 Å². The lowest BCUT2D eigenvalue weighted by molar-refractivity contribution is 0.343. The van der Waals surface area contributed by atoms with Crippen LogP contribution in [-0.4, -0.2) is 5.54 Å².